The summed E-state index contributed by atoms with van der Waals surface area (Å²) in [4.78, 5) is 20.1. The van der Waals surface area contributed by atoms with Crippen molar-refractivity contribution in [2.24, 2.45) is 0 Å². The lowest BCUT2D eigenvalue weighted by atomic mass is 9.91. The minimum Gasteiger partial charge on any atom is -0.377 e. The maximum atomic E-state index is 13.6. The van der Waals surface area contributed by atoms with Crippen molar-refractivity contribution in [3.8, 4) is 11.8 Å². The summed E-state index contributed by atoms with van der Waals surface area (Å²) in [7, 11) is 0. The fraction of sp³-hybridized carbons (Fsp3) is 0.368. The van der Waals surface area contributed by atoms with Crippen molar-refractivity contribution in [2.75, 3.05) is 19.6 Å². The minimum atomic E-state index is -1.08. The molecule has 1 aromatic heterocycles. The van der Waals surface area contributed by atoms with Gasteiger partial charge in [0.2, 0.25) is 0 Å². The number of H-pyrrole nitrogens is 1. The van der Waals surface area contributed by atoms with E-state index >= 15 is 0 Å². The highest BCUT2D eigenvalue weighted by Crippen LogP contribution is 2.21. The Kier molecular flexibility index (Phi) is 5.27. The van der Waals surface area contributed by atoms with E-state index in [9.17, 15) is 14.3 Å². The Morgan fingerprint density at radius 1 is 1.28 bits per heavy atom. The van der Waals surface area contributed by atoms with Crippen LogP contribution in [0.1, 0.15) is 24.1 Å². The van der Waals surface area contributed by atoms with E-state index in [4.69, 9.17) is 0 Å². The summed E-state index contributed by atoms with van der Waals surface area (Å²) in [6.45, 7) is 2.18. The molecule has 1 fully saturated rings. The van der Waals surface area contributed by atoms with Gasteiger partial charge in [-0.25, -0.2) is 4.39 Å². The lowest BCUT2D eigenvalue weighted by Gasteiger charge is -2.35. The molecule has 0 radical (unpaired) electrons. The topological polar surface area (TPSA) is 69.2 Å². The van der Waals surface area contributed by atoms with Gasteiger partial charge in [0, 0.05) is 50.8 Å². The minimum absolute atomic E-state index is 0.200. The van der Waals surface area contributed by atoms with Gasteiger partial charge in [-0.05, 0) is 12.1 Å². The summed E-state index contributed by atoms with van der Waals surface area (Å²) in [5.41, 5.74) is -0.179. The van der Waals surface area contributed by atoms with E-state index in [0.29, 0.717) is 37.9 Å². The van der Waals surface area contributed by atoms with E-state index in [1.165, 1.54) is 12.3 Å². The first-order valence-electron chi connectivity index (χ1n) is 8.30. The molecule has 1 aliphatic heterocycles. The van der Waals surface area contributed by atoms with Crippen LogP contribution in [0, 0.1) is 17.7 Å². The van der Waals surface area contributed by atoms with Crippen LogP contribution in [0.5, 0.6) is 0 Å². The average Bonchev–Trinajstić information content (AvgIpc) is 2.61. The molecule has 130 valence electrons. The average molecular weight is 341 g/mol. The van der Waals surface area contributed by atoms with Crippen LogP contribution >= 0.6 is 0 Å². The number of aromatic nitrogens is 2. The summed E-state index contributed by atoms with van der Waals surface area (Å²) < 4.78 is 13.6. The van der Waals surface area contributed by atoms with Crippen molar-refractivity contribution in [1.29, 1.82) is 0 Å². The van der Waals surface area contributed by atoms with Crippen LogP contribution in [-0.4, -0.2) is 45.2 Å². The van der Waals surface area contributed by atoms with E-state index in [2.05, 4.69) is 26.7 Å². The molecule has 1 aliphatic rings. The van der Waals surface area contributed by atoms with Crippen molar-refractivity contribution in [3.05, 3.63) is 64.1 Å². The molecular weight excluding hydrogens is 321 g/mol. The van der Waals surface area contributed by atoms with E-state index in [-0.39, 0.29) is 11.4 Å². The largest absolute Gasteiger partial charge is 0.377 e. The third kappa shape index (κ3) is 4.75. The van der Waals surface area contributed by atoms with Crippen LogP contribution in [0.25, 0.3) is 0 Å². The molecule has 2 aromatic rings. The predicted molar refractivity (Wildman–Crippen MR) is 92.5 cm³/mol. The van der Waals surface area contributed by atoms with Crippen LogP contribution in [0.15, 0.2) is 41.5 Å². The van der Waals surface area contributed by atoms with Gasteiger partial charge in [-0.3, -0.25) is 9.78 Å². The first-order valence-corrected chi connectivity index (χ1v) is 8.30. The standard InChI is InChI=1S/C19H20FN3O2/c20-17-4-2-1-3-15(17)5-7-19(25)8-11-23(12-9-19)10-6-16-13-21-14-18(24)22-16/h1-4,13-14,25H,6,8-12H2,(H,22,24). The number of piperidine rings is 1. The Balaban J connectivity index is 1.54. The molecule has 0 amide bonds. The molecule has 2 N–H and O–H groups in total. The lowest BCUT2D eigenvalue weighted by molar-refractivity contribution is 0.0275. The Morgan fingerprint density at radius 2 is 2.04 bits per heavy atom. The number of benzene rings is 1. The molecule has 2 heterocycles. The number of likely N-dealkylation sites (tertiary alicyclic amines) is 1. The third-order valence-electron chi connectivity index (χ3n) is 4.39. The number of nitrogens with zero attached hydrogens (tertiary/aromatic N) is 2. The number of hydrogen-bond acceptors (Lipinski definition) is 4. The maximum Gasteiger partial charge on any atom is 0.266 e. The number of hydrogen-bond donors (Lipinski definition) is 2. The summed E-state index contributed by atoms with van der Waals surface area (Å²) in [6.07, 6.45) is 4.62. The van der Waals surface area contributed by atoms with Crippen LogP contribution < -0.4 is 5.56 Å². The van der Waals surface area contributed by atoms with Gasteiger partial charge in [-0.2, -0.15) is 0 Å². The summed E-state index contributed by atoms with van der Waals surface area (Å²) in [5, 5.41) is 10.6. The zero-order chi connectivity index (χ0) is 17.7. The SMILES string of the molecule is O=c1cncc(CCN2CCC(O)(C#Cc3ccccc3F)CC2)[nH]1. The molecule has 3 rings (SSSR count). The fourth-order valence-corrected chi connectivity index (χ4v) is 2.84. The van der Waals surface area contributed by atoms with Gasteiger partial charge in [-0.15, -0.1) is 0 Å². The lowest BCUT2D eigenvalue weighted by Crippen LogP contribution is -2.44. The number of aliphatic hydroxyl groups is 1. The second kappa shape index (κ2) is 7.60. The monoisotopic (exact) mass is 341 g/mol. The Hall–Kier alpha value is -2.49. The number of rotatable bonds is 3. The van der Waals surface area contributed by atoms with Crippen LogP contribution in [0.4, 0.5) is 4.39 Å². The number of halogens is 1. The zero-order valence-corrected chi connectivity index (χ0v) is 13.8. The molecule has 6 heteroatoms. The van der Waals surface area contributed by atoms with Gasteiger partial charge < -0.3 is 15.0 Å². The van der Waals surface area contributed by atoms with Gasteiger partial charge in [0.1, 0.15) is 11.4 Å². The maximum absolute atomic E-state index is 13.6. The molecule has 0 saturated carbocycles. The second-order valence-corrected chi connectivity index (χ2v) is 6.27. The van der Waals surface area contributed by atoms with Gasteiger partial charge in [-0.1, -0.05) is 24.0 Å². The van der Waals surface area contributed by atoms with Crippen molar-refractivity contribution in [1.82, 2.24) is 14.9 Å². The summed E-state index contributed by atoms with van der Waals surface area (Å²) in [6, 6.07) is 6.31. The van der Waals surface area contributed by atoms with E-state index < -0.39 is 5.60 Å². The van der Waals surface area contributed by atoms with Crippen molar-refractivity contribution in [3.63, 3.8) is 0 Å². The molecule has 0 spiro atoms. The van der Waals surface area contributed by atoms with Gasteiger partial charge in [0.15, 0.2) is 0 Å². The third-order valence-corrected chi connectivity index (χ3v) is 4.39. The van der Waals surface area contributed by atoms with Gasteiger partial charge in [0.25, 0.3) is 5.56 Å². The van der Waals surface area contributed by atoms with Gasteiger partial charge in [0.05, 0.1) is 11.8 Å². The Bertz CT molecular complexity index is 845. The molecule has 0 bridgehead atoms. The van der Waals surface area contributed by atoms with Crippen LogP contribution in [0.3, 0.4) is 0 Å². The first kappa shape index (κ1) is 17.3. The normalized spacial score (nSPS) is 16.9. The second-order valence-electron chi connectivity index (χ2n) is 6.27. The zero-order valence-electron chi connectivity index (χ0n) is 13.8. The molecule has 0 unspecified atom stereocenters. The molecule has 1 aromatic carbocycles. The number of aromatic amines is 1. The Labute approximate surface area is 145 Å². The van der Waals surface area contributed by atoms with Crippen LogP contribution in [-0.2, 0) is 6.42 Å². The molecule has 1 saturated heterocycles. The van der Waals surface area contributed by atoms with Crippen molar-refractivity contribution < 1.29 is 9.50 Å². The van der Waals surface area contributed by atoms with E-state index in [0.717, 1.165) is 12.2 Å². The number of nitrogens with one attached hydrogen (secondary N) is 1. The van der Waals surface area contributed by atoms with Crippen molar-refractivity contribution in [2.45, 2.75) is 24.9 Å². The molecule has 0 atom stereocenters. The smallest absolute Gasteiger partial charge is 0.266 e. The molecule has 5 nitrogen and oxygen atoms in total. The Morgan fingerprint density at radius 3 is 2.76 bits per heavy atom. The van der Waals surface area contributed by atoms with Gasteiger partial charge >= 0.3 is 0 Å². The highest BCUT2D eigenvalue weighted by molar-refractivity contribution is 5.37. The quantitative estimate of drug-likeness (QED) is 0.827. The molecular formula is C19H20FN3O2. The molecule has 25 heavy (non-hydrogen) atoms. The summed E-state index contributed by atoms with van der Waals surface area (Å²) >= 11 is 0. The first-order chi connectivity index (χ1) is 12.0. The predicted octanol–water partition coefficient (Wildman–Crippen LogP) is 1.33. The van der Waals surface area contributed by atoms with Crippen LogP contribution in [0.2, 0.25) is 0 Å². The molecule has 0 aliphatic carbocycles. The van der Waals surface area contributed by atoms with E-state index in [1.807, 2.05) is 0 Å². The summed E-state index contributed by atoms with van der Waals surface area (Å²) in [5.74, 6) is 5.23. The fourth-order valence-electron chi connectivity index (χ4n) is 2.84. The van der Waals surface area contributed by atoms with Crippen molar-refractivity contribution >= 4 is 0 Å². The highest BCUT2D eigenvalue weighted by Gasteiger charge is 2.30. The van der Waals surface area contributed by atoms with E-state index in [1.54, 1.807) is 24.4 Å². The highest BCUT2D eigenvalue weighted by atomic mass is 19.1.